The molecule has 5 nitrogen and oxygen atoms in total. The minimum absolute atomic E-state index is 0.246. The Morgan fingerprint density at radius 3 is 2.53 bits per heavy atom. The lowest BCUT2D eigenvalue weighted by molar-refractivity contribution is 0.170. The van der Waals surface area contributed by atoms with Crippen LogP contribution >= 0.6 is 0 Å². The van der Waals surface area contributed by atoms with Crippen molar-refractivity contribution in [2.75, 3.05) is 26.4 Å². The van der Waals surface area contributed by atoms with Gasteiger partial charge in [0.1, 0.15) is 12.7 Å². The zero-order chi connectivity index (χ0) is 11.5. The standard InChI is InChI=1S/C12H15NO4/c1-2-4-12(17-13-5-9-6-14-9)11(3-1)16-8-10-7-15-10/h1-4,9-10,13H,5-8H2. The van der Waals surface area contributed by atoms with Gasteiger partial charge in [-0.15, -0.1) is 0 Å². The Kier molecular flexibility index (Phi) is 3.13. The van der Waals surface area contributed by atoms with E-state index < -0.39 is 0 Å². The van der Waals surface area contributed by atoms with Crippen LogP contribution in [0.1, 0.15) is 0 Å². The summed E-state index contributed by atoms with van der Waals surface area (Å²) in [5.74, 6) is 1.42. The molecule has 5 heteroatoms. The average molecular weight is 237 g/mol. The summed E-state index contributed by atoms with van der Waals surface area (Å²) in [7, 11) is 0. The van der Waals surface area contributed by atoms with Crippen molar-refractivity contribution in [3.8, 4) is 11.5 Å². The second kappa shape index (κ2) is 4.91. The maximum Gasteiger partial charge on any atom is 0.188 e. The van der Waals surface area contributed by atoms with Crippen molar-refractivity contribution in [3.63, 3.8) is 0 Å². The minimum atomic E-state index is 0.246. The molecule has 0 saturated carbocycles. The molecule has 2 fully saturated rings. The van der Waals surface area contributed by atoms with Crippen molar-refractivity contribution >= 4 is 0 Å². The van der Waals surface area contributed by atoms with Gasteiger partial charge in [0.15, 0.2) is 11.5 Å². The van der Waals surface area contributed by atoms with E-state index >= 15 is 0 Å². The van der Waals surface area contributed by atoms with E-state index in [2.05, 4.69) is 5.48 Å². The second-order valence-electron chi connectivity index (χ2n) is 4.12. The van der Waals surface area contributed by atoms with Gasteiger partial charge in [-0.05, 0) is 12.1 Å². The summed E-state index contributed by atoms with van der Waals surface area (Å²) in [4.78, 5) is 5.44. The van der Waals surface area contributed by atoms with E-state index in [4.69, 9.17) is 19.0 Å². The average Bonchev–Trinajstić information content (AvgIpc) is 3.23. The first-order chi connectivity index (χ1) is 8.42. The molecule has 0 aliphatic carbocycles. The smallest absolute Gasteiger partial charge is 0.188 e. The number of benzene rings is 1. The van der Waals surface area contributed by atoms with E-state index in [0.29, 0.717) is 25.0 Å². The number of rotatable bonds is 7. The molecule has 2 unspecified atom stereocenters. The molecule has 0 amide bonds. The molecule has 2 saturated heterocycles. The van der Waals surface area contributed by atoms with Crippen LogP contribution in [0.3, 0.4) is 0 Å². The van der Waals surface area contributed by atoms with Gasteiger partial charge >= 0.3 is 0 Å². The molecule has 2 aliphatic heterocycles. The van der Waals surface area contributed by atoms with E-state index in [1.807, 2.05) is 24.3 Å². The Bertz CT molecular complexity index is 377. The molecule has 0 aromatic heterocycles. The maximum absolute atomic E-state index is 5.61. The quantitative estimate of drug-likeness (QED) is 0.560. The molecule has 0 spiro atoms. The van der Waals surface area contributed by atoms with E-state index in [9.17, 15) is 0 Å². The fourth-order valence-corrected chi connectivity index (χ4v) is 1.40. The van der Waals surface area contributed by atoms with Gasteiger partial charge in [-0.25, -0.2) is 0 Å². The summed E-state index contributed by atoms with van der Waals surface area (Å²) < 4.78 is 15.8. The zero-order valence-corrected chi connectivity index (χ0v) is 9.43. The topological polar surface area (TPSA) is 55.5 Å². The summed E-state index contributed by atoms with van der Waals surface area (Å²) in [6.07, 6.45) is 0.541. The lowest BCUT2D eigenvalue weighted by atomic mass is 10.3. The number of hydrogen-bond donors (Lipinski definition) is 1. The van der Waals surface area contributed by atoms with E-state index in [0.717, 1.165) is 19.0 Å². The largest absolute Gasteiger partial charge is 0.487 e. The molecule has 1 aromatic carbocycles. The Hall–Kier alpha value is -1.30. The molecule has 1 aromatic rings. The molecule has 0 bridgehead atoms. The Labute approximate surface area is 99.6 Å². The van der Waals surface area contributed by atoms with Crippen molar-refractivity contribution in [1.29, 1.82) is 0 Å². The van der Waals surface area contributed by atoms with Crippen LogP contribution in [-0.2, 0) is 9.47 Å². The van der Waals surface area contributed by atoms with Gasteiger partial charge in [0.25, 0.3) is 0 Å². The molecule has 2 heterocycles. The van der Waals surface area contributed by atoms with Crippen LogP contribution in [0.15, 0.2) is 24.3 Å². The van der Waals surface area contributed by atoms with E-state index in [-0.39, 0.29) is 6.10 Å². The normalized spacial score (nSPS) is 25.4. The van der Waals surface area contributed by atoms with Crippen LogP contribution in [0.2, 0.25) is 0 Å². The zero-order valence-electron chi connectivity index (χ0n) is 9.43. The summed E-state index contributed by atoms with van der Waals surface area (Å²) in [6, 6.07) is 7.57. The number of hydrogen-bond acceptors (Lipinski definition) is 5. The molecule has 3 rings (SSSR count). The third kappa shape index (κ3) is 3.33. The van der Waals surface area contributed by atoms with Gasteiger partial charge in [-0.2, -0.15) is 5.48 Å². The highest BCUT2D eigenvalue weighted by atomic mass is 16.7. The number of para-hydroxylation sites is 2. The predicted molar refractivity (Wildman–Crippen MR) is 60.0 cm³/mol. The van der Waals surface area contributed by atoms with Crippen molar-refractivity contribution in [2.45, 2.75) is 12.2 Å². The monoisotopic (exact) mass is 237 g/mol. The molecule has 0 radical (unpaired) electrons. The van der Waals surface area contributed by atoms with Crippen molar-refractivity contribution in [1.82, 2.24) is 5.48 Å². The lowest BCUT2D eigenvalue weighted by Crippen LogP contribution is -2.23. The molecular formula is C12H15NO4. The first-order valence-electron chi connectivity index (χ1n) is 5.76. The third-order valence-electron chi connectivity index (χ3n) is 2.57. The minimum Gasteiger partial charge on any atom is -0.487 e. The lowest BCUT2D eigenvalue weighted by Gasteiger charge is -2.11. The predicted octanol–water partition coefficient (Wildman–Crippen LogP) is 0.746. The fraction of sp³-hybridized carbons (Fsp3) is 0.500. The van der Waals surface area contributed by atoms with Crippen LogP contribution in [0.4, 0.5) is 0 Å². The molecule has 1 N–H and O–H groups in total. The van der Waals surface area contributed by atoms with Crippen LogP contribution in [0, 0.1) is 0 Å². The first kappa shape index (κ1) is 10.8. The second-order valence-corrected chi connectivity index (χ2v) is 4.12. The fourth-order valence-electron chi connectivity index (χ4n) is 1.40. The number of hydroxylamine groups is 1. The van der Waals surface area contributed by atoms with Crippen LogP contribution in [0.25, 0.3) is 0 Å². The van der Waals surface area contributed by atoms with Gasteiger partial charge in [-0.3, -0.25) is 0 Å². The highest BCUT2D eigenvalue weighted by Crippen LogP contribution is 2.26. The van der Waals surface area contributed by atoms with Gasteiger partial charge in [0.2, 0.25) is 0 Å². The summed E-state index contributed by atoms with van der Waals surface area (Å²) >= 11 is 0. The number of nitrogens with one attached hydrogen (secondary N) is 1. The SMILES string of the molecule is c1ccc(ONCC2CO2)c(OCC2CO2)c1. The highest BCUT2D eigenvalue weighted by molar-refractivity contribution is 5.39. The molecular weight excluding hydrogens is 222 g/mol. The highest BCUT2D eigenvalue weighted by Gasteiger charge is 2.24. The Balaban J connectivity index is 1.52. The van der Waals surface area contributed by atoms with Crippen molar-refractivity contribution in [3.05, 3.63) is 24.3 Å². The van der Waals surface area contributed by atoms with Gasteiger partial charge in [0, 0.05) is 0 Å². The molecule has 17 heavy (non-hydrogen) atoms. The molecule has 2 atom stereocenters. The van der Waals surface area contributed by atoms with Gasteiger partial charge in [-0.1, -0.05) is 12.1 Å². The Morgan fingerprint density at radius 1 is 1.12 bits per heavy atom. The van der Waals surface area contributed by atoms with Crippen molar-refractivity contribution in [2.24, 2.45) is 0 Å². The van der Waals surface area contributed by atoms with Crippen molar-refractivity contribution < 1.29 is 19.0 Å². The summed E-state index contributed by atoms with van der Waals surface area (Å²) in [6.45, 7) is 2.87. The van der Waals surface area contributed by atoms with Gasteiger partial charge in [0.05, 0.1) is 25.9 Å². The molecule has 92 valence electrons. The number of epoxide rings is 2. The molecule has 2 aliphatic rings. The van der Waals surface area contributed by atoms with Gasteiger partial charge < -0.3 is 19.0 Å². The summed E-state index contributed by atoms with van der Waals surface area (Å²) in [5, 5.41) is 0. The van der Waals surface area contributed by atoms with Crippen LogP contribution in [-0.4, -0.2) is 38.6 Å². The van der Waals surface area contributed by atoms with E-state index in [1.54, 1.807) is 0 Å². The van der Waals surface area contributed by atoms with E-state index in [1.165, 1.54) is 0 Å². The maximum atomic E-state index is 5.61. The van der Waals surface area contributed by atoms with Crippen LogP contribution < -0.4 is 15.1 Å². The third-order valence-corrected chi connectivity index (χ3v) is 2.57. The Morgan fingerprint density at radius 2 is 1.82 bits per heavy atom. The number of ether oxygens (including phenoxy) is 3. The summed E-state index contributed by atoms with van der Waals surface area (Å²) in [5.41, 5.74) is 2.87. The van der Waals surface area contributed by atoms with Crippen LogP contribution in [0.5, 0.6) is 11.5 Å². The first-order valence-corrected chi connectivity index (χ1v) is 5.76.